The molecule has 2 aromatic carbocycles. The first-order chi connectivity index (χ1) is 8.58. The summed E-state index contributed by atoms with van der Waals surface area (Å²) in [4.78, 5) is 12.4. The Hall–Kier alpha value is -0.863. The summed E-state index contributed by atoms with van der Waals surface area (Å²) in [5.41, 5.74) is 4.51. The molecule has 0 heterocycles. The summed E-state index contributed by atoms with van der Waals surface area (Å²) in [6.45, 7) is 6.10. The summed E-state index contributed by atoms with van der Waals surface area (Å²) in [5, 5.41) is 1.10. The van der Waals surface area contributed by atoms with E-state index < -0.39 is 0 Å². The predicted octanol–water partition coefficient (Wildman–Crippen LogP) is 3.38. The van der Waals surface area contributed by atoms with Gasteiger partial charge in [0, 0.05) is 24.4 Å². The third-order valence-electron chi connectivity index (χ3n) is 2.94. The first kappa shape index (κ1) is 16.2. The maximum Gasteiger partial charge on any atom is 0.186 e. The second kappa shape index (κ2) is 7.06. The molecule has 0 aliphatic rings. The van der Waals surface area contributed by atoms with Crippen molar-refractivity contribution in [1.82, 2.24) is 0 Å². The number of benzene rings is 2. The van der Waals surface area contributed by atoms with Crippen molar-refractivity contribution in [2.45, 2.75) is 20.8 Å². The SMILES string of the molecule is Cc1cc(C)c(C(=O)Pc2ccccc2)c(C)c1.[Li]. The van der Waals surface area contributed by atoms with Gasteiger partial charge in [0.15, 0.2) is 5.52 Å². The molecule has 0 spiro atoms. The third-order valence-corrected chi connectivity index (χ3v) is 4.03. The number of hydrogen-bond acceptors (Lipinski definition) is 1. The Morgan fingerprint density at radius 1 is 0.947 bits per heavy atom. The maximum absolute atomic E-state index is 12.4. The Morgan fingerprint density at radius 2 is 1.47 bits per heavy atom. The van der Waals surface area contributed by atoms with E-state index in [1.165, 1.54) is 5.56 Å². The molecule has 0 N–H and O–H groups in total. The monoisotopic (exact) mass is 263 g/mol. The van der Waals surface area contributed by atoms with Gasteiger partial charge >= 0.3 is 0 Å². The van der Waals surface area contributed by atoms with Crippen LogP contribution < -0.4 is 5.30 Å². The molecule has 1 atom stereocenters. The van der Waals surface area contributed by atoms with E-state index in [-0.39, 0.29) is 33.0 Å². The molecule has 0 fully saturated rings. The van der Waals surface area contributed by atoms with Crippen LogP contribution in [-0.2, 0) is 0 Å². The molecule has 0 saturated heterocycles. The number of carbonyl (C=O) groups is 1. The summed E-state index contributed by atoms with van der Waals surface area (Å²) >= 11 is 0. The van der Waals surface area contributed by atoms with E-state index in [2.05, 4.69) is 19.1 Å². The Morgan fingerprint density at radius 3 is 2.00 bits per heavy atom. The van der Waals surface area contributed by atoms with Gasteiger partial charge in [-0.1, -0.05) is 48.0 Å². The van der Waals surface area contributed by atoms with Crippen LogP contribution in [0.2, 0.25) is 0 Å². The minimum absolute atomic E-state index is 0. The van der Waals surface area contributed by atoms with Crippen LogP contribution in [0.15, 0.2) is 42.5 Å². The molecule has 0 saturated carbocycles. The molecule has 0 aliphatic heterocycles. The van der Waals surface area contributed by atoms with E-state index in [0.717, 1.165) is 22.0 Å². The van der Waals surface area contributed by atoms with Crippen molar-refractivity contribution in [2.24, 2.45) is 0 Å². The number of hydrogen-bond donors (Lipinski definition) is 0. The second-order valence-corrected chi connectivity index (χ2v) is 5.88. The fourth-order valence-corrected chi connectivity index (χ4v) is 3.39. The zero-order valence-corrected chi connectivity index (χ0v) is 12.9. The van der Waals surface area contributed by atoms with Gasteiger partial charge in [0.25, 0.3) is 0 Å². The van der Waals surface area contributed by atoms with Gasteiger partial charge in [-0.05, 0) is 45.8 Å². The molecule has 1 nitrogen and oxygen atoms in total. The van der Waals surface area contributed by atoms with E-state index in [4.69, 9.17) is 0 Å². The van der Waals surface area contributed by atoms with Crippen molar-refractivity contribution >= 4 is 38.3 Å². The van der Waals surface area contributed by atoms with Gasteiger partial charge in [0.2, 0.25) is 0 Å². The molecule has 1 unspecified atom stereocenters. The van der Waals surface area contributed by atoms with Crippen LogP contribution in [0.5, 0.6) is 0 Å². The van der Waals surface area contributed by atoms with Crippen molar-refractivity contribution in [3.63, 3.8) is 0 Å². The number of rotatable bonds is 3. The summed E-state index contributed by atoms with van der Waals surface area (Å²) < 4.78 is 0. The summed E-state index contributed by atoms with van der Waals surface area (Å²) in [6, 6.07) is 14.1. The molecule has 2 rings (SSSR count). The van der Waals surface area contributed by atoms with Gasteiger partial charge in [0.1, 0.15) is 0 Å². The van der Waals surface area contributed by atoms with Crippen LogP contribution in [0.25, 0.3) is 0 Å². The van der Waals surface area contributed by atoms with Crippen LogP contribution >= 0.6 is 8.58 Å². The smallest absolute Gasteiger partial charge is 0.186 e. The second-order valence-electron chi connectivity index (χ2n) is 4.59. The number of carbonyl (C=O) groups excluding carboxylic acids is 1. The van der Waals surface area contributed by atoms with E-state index >= 15 is 0 Å². The molecule has 1 radical (unpaired) electrons. The molecule has 93 valence electrons. The normalized spacial score (nSPS) is 10.5. The topological polar surface area (TPSA) is 17.1 Å². The summed E-state index contributed by atoms with van der Waals surface area (Å²) in [7, 11) is 0.206. The molecule has 0 bridgehead atoms. The van der Waals surface area contributed by atoms with Crippen LogP contribution in [0.1, 0.15) is 27.0 Å². The first-order valence-corrected chi connectivity index (χ1v) is 7.02. The molecule has 0 aromatic heterocycles. The molecule has 0 aliphatic carbocycles. The molecular formula is C16H17LiOP. The molecule has 2 aromatic rings. The van der Waals surface area contributed by atoms with Crippen molar-refractivity contribution in [2.75, 3.05) is 0 Å². The maximum atomic E-state index is 12.4. The third kappa shape index (κ3) is 4.05. The zero-order valence-electron chi connectivity index (χ0n) is 11.9. The molecular weight excluding hydrogens is 246 g/mol. The molecule has 19 heavy (non-hydrogen) atoms. The van der Waals surface area contributed by atoms with E-state index in [1.54, 1.807) is 0 Å². The summed E-state index contributed by atoms with van der Waals surface area (Å²) in [6.07, 6.45) is 0. The van der Waals surface area contributed by atoms with Crippen molar-refractivity contribution < 1.29 is 4.79 Å². The average Bonchev–Trinajstić information content (AvgIpc) is 2.28. The van der Waals surface area contributed by atoms with Crippen LogP contribution in [0, 0.1) is 20.8 Å². The van der Waals surface area contributed by atoms with E-state index in [9.17, 15) is 4.79 Å². The average molecular weight is 263 g/mol. The summed E-state index contributed by atoms with van der Waals surface area (Å²) in [5.74, 6) is 0. The van der Waals surface area contributed by atoms with Gasteiger partial charge in [-0.2, -0.15) is 0 Å². The van der Waals surface area contributed by atoms with Gasteiger partial charge in [0.05, 0.1) is 0 Å². The van der Waals surface area contributed by atoms with Crippen LogP contribution in [0.3, 0.4) is 0 Å². The minimum Gasteiger partial charge on any atom is -0.289 e. The van der Waals surface area contributed by atoms with Crippen molar-refractivity contribution in [1.29, 1.82) is 0 Å². The zero-order chi connectivity index (χ0) is 13.1. The first-order valence-electron chi connectivity index (χ1n) is 6.02. The fourth-order valence-electron chi connectivity index (χ4n) is 2.25. The van der Waals surface area contributed by atoms with Gasteiger partial charge in [-0.15, -0.1) is 0 Å². The Kier molecular flexibility index (Phi) is 6.02. The minimum atomic E-state index is 0. The number of aryl methyl sites for hydroxylation is 3. The predicted molar refractivity (Wildman–Crippen MR) is 85.1 cm³/mol. The van der Waals surface area contributed by atoms with Crippen molar-refractivity contribution in [3.05, 3.63) is 64.7 Å². The Balaban J connectivity index is 0.00000180. The van der Waals surface area contributed by atoms with Gasteiger partial charge in [-0.25, -0.2) is 0 Å². The van der Waals surface area contributed by atoms with Gasteiger partial charge < -0.3 is 0 Å². The standard InChI is InChI=1S/C16H17OP.Li/c1-11-9-12(2)15(13(3)10-11)16(17)18-14-7-5-4-6-8-14;/h4-10,18H,1-3H3;. The largest absolute Gasteiger partial charge is 0.289 e. The van der Waals surface area contributed by atoms with Crippen molar-refractivity contribution in [3.8, 4) is 0 Å². The van der Waals surface area contributed by atoms with E-state index in [0.29, 0.717) is 0 Å². The molecule has 3 heteroatoms. The van der Waals surface area contributed by atoms with Gasteiger partial charge in [-0.3, -0.25) is 4.79 Å². The fraction of sp³-hybridized carbons (Fsp3) is 0.188. The van der Waals surface area contributed by atoms with E-state index in [1.807, 2.05) is 44.2 Å². The quantitative estimate of drug-likeness (QED) is 0.613. The van der Waals surface area contributed by atoms with Crippen LogP contribution in [-0.4, -0.2) is 24.4 Å². The Labute approximate surface area is 128 Å². The Bertz CT molecular complexity index is 556. The molecule has 0 amide bonds. The van der Waals surface area contributed by atoms with Crippen LogP contribution in [0.4, 0.5) is 0 Å².